The van der Waals surface area contributed by atoms with Crippen molar-refractivity contribution in [3.8, 4) is 0 Å². The van der Waals surface area contributed by atoms with Gasteiger partial charge in [-0.1, -0.05) is 50.3 Å². The summed E-state index contributed by atoms with van der Waals surface area (Å²) in [5, 5.41) is 3.56. The van der Waals surface area contributed by atoms with Gasteiger partial charge in [-0.25, -0.2) is 0 Å². The maximum absolute atomic E-state index is 3.56. The minimum Gasteiger partial charge on any atom is -0.315 e. The van der Waals surface area contributed by atoms with Crippen molar-refractivity contribution < 1.29 is 0 Å². The summed E-state index contributed by atoms with van der Waals surface area (Å²) < 4.78 is 0.795. The number of hydrogen-bond acceptors (Lipinski definition) is 1. The predicted octanol–water partition coefficient (Wildman–Crippen LogP) is 3.23. The highest BCUT2D eigenvalue weighted by Crippen LogP contribution is 2.39. The fraction of sp³-hybridized carbons (Fsp3) is 1.00. The zero-order chi connectivity index (χ0) is 10.1. The summed E-state index contributed by atoms with van der Waals surface area (Å²) in [7, 11) is 0. The molecule has 1 rings (SSSR count). The number of rotatable bonds is 0. The fourth-order valence-corrected chi connectivity index (χ4v) is 4.17. The van der Waals surface area contributed by atoms with Gasteiger partial charge in [0.2, 0.25) is 0 Å². The van der Waals surface area contributed by atoms with Crippen molar-refractivity contribution in [2.24, 2.45) is 10.8 Å². The van der Waals surface area contributed by atoms with Crippen molar-refractivity contribution in [1.29, 1.82) is 0 Å². The van der Waals surface area contributed by atoms with Gasteiger partial charge in [0.15, 0.2) is 0 Å². The first kappa shape index (κ1) is 11.8. The highest BCUT2D eigenvalue weighted by atomic mass is 127. The van der Waals surface area contributed by atoms with E-state index in [1.165, 1.54) is 19.4 Å². The Labute approximate surface area is 96.2 Å². The zero-order valence-corrected chi connectivity index (χ0v) is 11.4. The molecule has 1 atom stereocenters. The van der Waals surface area contributed by atoms with Crippen LogP contribution in [-0.2, 0) is 0 Å². The molecule has 0 aromatic carbocycles. The number of hydrogen-bond donors (Lipinski definition) is 1. The van der Waals surface area contributed by atoms with Gasteiger partial charge < -0.3 is 5.32 Å². The van der Waals surface area contributed by atoms with Crippen LogP contribution >= 0.6 is 22.6 Å². The number of alkyl halides is 1. The van der Waals surface area contributed by atoms with Gasteiger partial charge in [-0.05, 0) is 23.7 Å². The van der Waals surface area contributed by atoms with Gasteiger partial charge in [-0.3, -0.25) is 0 Å². The lowest BCUT2D eigenvalue weighted by Gasteiger charge is -2.39. The smallest absolute Gasteiger partial charge is 0.0240 e. The maximum atomic E-state index is 3.56. The third-order valence-electron chi connectivity index (χ3n) is 2.70. The van der Waals surface area contributed by atoms with Crippen molar-refractivity contribution >= 4 is 22.6 Å². The molecule has 2 heteroatoms. The van der Waals surface area contributed by atoms with Crippen molar-refractivity contribution in [3.63, 3.8) is 0 Å². The lowest BCUT2D eigenvalue weighted by molar-refractivity contribution is 0.164. The molecule has 0 aromatic heterocycles. The average Bonchev–Trinajstić information content (AvgIpc) is 1.78. The van der Waals surface area contributed by atoms with E-state index in [4.69, 9.17) is 0 Å². The van der Waals surface area contributed by atoms with Crippen LogP contribution in [0.25, 0.3) is 0 Å². The van der Waals surface area contributed by atoms with Crippen LogP contribution in [0.1, 0.15) is 40.5 Å². The molecule has 1 aliphatic rings. The van der Waals surface area contributed by atoms with Crippen LogP contribution in [0, 0.1) is 10.8 Å². The molecule has 0 aliphatic carbocycles. The summed E-state index contributed by atoms with van der Waals surface area (Å²) in [5.41, 5.74) is 0.970. The zero-order valence-electron chi connectivity index (χ0n) is 9.28. The molecule has 13 heavy (non-hydrogen) atoms. The first-order chi connectivity index (χ1) is 5.81. The van der Waals surface area contributed by atoms with E-state index in [-0.39, 0.29) is 0 Å². The molecule has 1 saturated heterocycles. The third-order valence-corrected chi connectivity index (χ3v) is 3.58. The topological polar surface area (TPSA) is 12.0 Å². The van der Waals surface area contributed by atoms with Crippen LogP contribution in [0.3, 0.4) is 0 Å². The van der Waals surface area contributed by atoms with E-state index in [9.17, 15) is 0 Å². The van der Waals surface area contributed by atoms with Crippen molar-refractivity contribution in [1.82, 2.24) is 5.32 Å². The van der Waals surface area contributed by atoms with Crippen LogP contribution < -0.4 is 5.32 Å². The van der Waals surface area contributed by atoms with Crippen LogP contribution in [0.5, 0.6) is 0 Å². The molecule has 0 bridgehead atoms. The van der Waals surface area contributed by atoms with Crippen molar-refractivity contribution in [2.75, 3.05) is 13.1 Å². The minimum absolute atomic E-state index is 0.459. The van der Waals surface area contributed by atoms with Crippen molar-refractivity contribution in [3.05, 3.63) is 0 Å². The summed E-state index contributed by atoms with van der Waals surface area (Å²) >= 11 is 2.57. The van der Waals surface area contributed by atoms with Gasteiger partial charge in [0.1, 0.15) is 0 Å². The summed E-state index contributed by atoms with van der Waals surface area (Å²) in [6, 6.07) is 0. The molecule has 1 heterocycles. The maximum Gasteiger partial charge on any atom is 0.0240 e. The summed E-state index contributed by atoms with van der Waals surface area (Å²) in [5.74, 6) is 0. The first-order valence-electron chi connectivity index (χ1n) is 5.16. The summed E-state index contributed by atoms with van der Waals surface area (Å²) in [4.78, 5) is 0. The van der Waals surface area contributed by atoms with Gasteiger partial charge >= 0.3 is 0 Å². The van der Waals surface area contributed by atoms with E-state index in [1.54, 1.807) is 0 Å². The van der Waals surface area contributed by atoms with Crippen molar-refractivity contribution in [2.45, 2.75) is 44.5 Å². The van der Waals surface area contributed by atoms with E-state index >= 15 is 0 Å². The third kappa shape index (κ3) is 4.15. The molecule has 0 spiro atoms. The number of nitrogens with one attached hydrogen (secondary N) is 1. The Bertz CT molecular complexity index is 175. The Hall–Kier alpha value is 0.690. The van der Waals surface area contributed by atoms with Crippen LogP contribution in [0.15, 0.2) is 0 Å². The van der Waals surface area contributed by atoms with Crippen LogP contribution in [-0.4, -0.2) is 17.0 Å². The Morgan fingerprint density at radius 1 is 1.15 bits per heavy atom. The molecule has 1 unspecified atom stereocenters. The van der Waals surface area contributed by atoms with Crippen LogP contribution in [0.4, 0.5) is 0 Å². The minimum atomic E-state index is 0.459. The van der Waals surface area contributed by atoms with E-state index in [1.807, 2.05) is 0 Å². The normalized spacial score (nSPS) is 33.5. The molecule has 1 N–H and O–H groups in total. The molecular formula is C11H22IN. The molecule has 1 aliphatic heterocycles. The molecule has 0 radical (unpaired) electrons. The molecule has 0 amide bonds. The Morgan fingerprint density at radius 2 is 1.77 bits per heavy atom. The molecular weight excluding hydrogens is 273 g/mol. The van der Waals surface area contributed by atoms with Gasteiger partial charge in [-0.15, -0.1) is 0 Å². The van der Waals surface area contributed by atoms with Gasteiger partial charge in [0.05, 0.1) is 0 Å². The molecule has 78 valence electrons. The Morgan fingerprint density at radius 3 is 2.38 bits per heavy atom. The number of halogens is 1. The monoisotopic (exact) mass is 295 g/mol. The predicted molar refractivity (Wildman–Crippen MR) is 67.5 cm³/mol. The Balaban J connectivity index is 2.65. The van der Waals surface area contributed by atoms with Gasteiger partial charge in [0, 0.05) is 17.0 Å². The second-order valence-electron chi connectivity index (χ2n) is 5.94. The second-order valence-corrected chi connectivity index (χ2v) is 7.70. The second kappa shape index (κ2) is 4.05. The molecule has 0 saturated carbocycles. The largest absolute Gasteiger partial charge is 0.315 e. The lowest BCUT2D eigenvalue weighted by Crippen LogP contribution is -2.40. The van der Waals surface area contributed by atoms with Gasteiger partial charge in [0.25, 0.3) is 0 Å². The molecule has 1 nitrogen and oxygen atoms in total. The molecule has 0 aromatic rings. The highest BCUT2D eigenvalue weighted by molar-refractivity contribution is 14.1. The highest BCUT2D eigenvalue weighted by Gasteiger charge is 2.32. The SMILES string of the molecule is CC1(C)CNCC(I)CC(C)(C)C1. The molecule has 1 fully saturated rings. The lowest BCUT2D eigenvalue weighted by atomic mass is 9.72. The van der Waals surface area contributed by atoms with E-state index in [2.05, 4.69) is 55.6 Å². The summed E-state index contributed by atoms with van der Waals surface area (Å²) in [6.45, 7) is 11.9. The average molecular weight is 295 g/mol. The fourth-order valence-electron chi connectivity index (χ4n) is 2.67. The van der Waals surface area contributed by atoms with E-state index < -0.39 is 0 Å². The quantitative estimate of drug-likeness (QED) is 0.534. The summed E-state index contributed by atoms with van der Waals surface area (Å²) in [6.07, 6.45) is 2.66. The van der Waals surface area contributed by atoms with Crippen LogP contribution in [0.2, 0.25) is 0 Å². The Kier molecular flexibility index (Phi) is 3.67. The van der Waals surface area contributed by atoms with E-state index in [0.717, 1.165) is 10.5 Å². The standard InChI is InChI=1S/C11H22IN/c1-10(2)5-9(12)6-13-8-11(3,4)7-10/h9,13H,5-8H2,1-4H3. The van der Waals surface area contributed by atoms with Gasteiger partial charge in [-0.2, -0.15) is 0 Å². The van der Waals surface area contributed by atoms with E-state index in [0.29, 0.717) is 10.8 Å². The first-order valence-corrected chi connectivity index (χ1v) is 6.40.